The molecule has 4 aromatic rings. The third kappa shape index (κ3) is 23.8. The van der Waals surface area contributed by atoms with Crippen molar-refractivity contribution in [1.82, 2.24) is 19.6 Å². The number of carbonyl (C=O) groups excluding carboxylic acids is 4. The number of carbonyl (C=O) groups is 4. The fraction of sp³-hybridized carbons (Fsp3) is 0.708. The number of nitrogens with two attached hydrogens (primary N) is 4. The van der Waals surface area contributed by atoms with E-state index in [4.69, 9.17) is 151 Å². The summed E-state index contributed by atoms with van der Waals surface area (Å²) in [4.78, 5) is 60.6. The number of esters is 4. The van der Waals surface area contributed by atoms with E-state index < -0.39 is 287 Å². The highest BCUT2D eigenvalue weighted by atomic mass is 16.6. The van der Waals surface area contributed by atoms with Gasteiger partial charge in [0.1, 0.15) is 48.5 Å². The molecule has 12 unspecified atom stereocenters. The smallest absolute Gasteiger partial charge is 0.323 e. The molecule has 0 bridgehead atoms. The topological polar surface area (TPSA) is 296 Å². The zero-order chi connectivity index (χ0) is 136. The second kappa shape index (κ2) is 43.9. The average molecular weight is 1730 g/mol. The molecule has 8 aliphatic rings. The quantitative estimate of drug-likeness (QED) is 0.0303. The van der Waals surface area contributed by atoms with Gasteiger partial charge in [0, 0.05) is 164 Å². The highest BCUT2D eigenvalue weighted by Crippen LogP contribution is 2.50. The van der Waals surface area contributed by atoms with Gasteiger partial charge in [-0.05, 0) is 191 Å². The molecule has 8 heterocycles. The normalized spacial score (nSPS) is 36.8. The highest BCUT2D eigenvalue weighted by Gasteiger charge is 2.47. The summed E-state index contributed by atoms with van der Waals surface area (Å²) in [6, 6.07) is -25.0. The molecule has 0 radical (unpaired) electrons. The van der Waals surface area contributed by atoms with Crippen molar-refractivity contribution < 1.29 is 153 Å². The average Bonchev–Trinajstić information content (AvgIpc) is 0.709. The zero-order valence-corrected chi connectivity index (χ0v) is 69.7. The van der Waals surface area contributed by atoms with E-state index in [9.17, 15) is 24.7 Å². The number of fused-ring (bicyclic) bond motifs is 12. The summed E-state index contributed by atoms with van der Waals surface area (Å²) in [7, 11) is -7.36. The molecule has 672 valence electrons. The Hall–Kier alpha value is -7.16. The highest BCUT2D eigenvalue weighted by molar-refractivity contribution is 5.77. The van der Waals surface area contributed by atoms with Crippen LogP contribution in [-0.4, -0.2) is 201 Å². The van der Waals surface area contributed by atoms with E-state index in [1.807, 2.05) is 60.3 Å². The van der Waals surface area contributed by atoms with Gasteiger partial charge in [0.15, 0.2) is 46.0 Å². The molecule has 8 N–H and O–H groups in total. The van der Waals surface area contributed by atoms with Gasteiger partial charge in [-0.2, -0.15) is 0 Å². The van der Waals surface area contributed by atoms with Crippen LogP contribution in [0, 0.1) is 70.9 Å². The number of rotatable bonds is 28. The van der Waals surface area contributed by atoms with E-state index in [0.717, 1.165) is 7.11 Å². The van der Waals surface area contributed by atoms with E-state index >= 15 is 0 Å². The summed E-state index contributed by atoms with van der Waals surface area (Å²) in [6.45, 7) is -13.0. The predicted octanol–water partition coefficient (Wildman–Crippen LogP) is 14.3. The van der Waals surface area contributed by atoms with Crippen LogP contribution in [0.4, 0.5) is 0 Å². The van der Waals surface area contributed by atoms with Crippen molar-refractivity contribution in [3.63, 3.8) is 0 Å². The summed E-state index contributed by atoms with van der Waals surface area (Å²) in [5.74, 6) is -27.5. The Morgan fingerprint density at radius 3 is 0.725 bits per heavy atom. The first kappa shape index (κ1) is 45.1. The van der Waals surface area contributed by atoms with Gasteiger partial charge < -0.3 is 79.8 Å². The molecule has 0 saturated carbocycles. The van der Waals surface area contributed by atoms with Gasteiger partial charge in [0.05, 0.1) is 95.0 Å². The van der Waals surface area contributed by atoms with Crippen LogP contribution in [0.25, 0.3) is 0 Å². The maximum absolute atomic E-state index is 13.5. The van der Waals surface area contributed by atoms with Crippen molar-refractivity contribution in [1.29, 1.82) is 0 Å². The second-order valence-corrected chi connectivity index (χ2v) is 32.1. The number of hydrogen-bond donors (Lipinski definition) is 4. The van der Waals surface area contributed by atoms with Gasteiger partial charge in [-0.1, -0.05) is 110 Å². The lowest BCUT2D eigenvalue weighted by Gasteiger charge is -2.47. The van der Waals surface area contributed by atoms with Gasteiger partial charge >= 0.3 is 23.9 Å². The second-order valence-electron chi connectivity index (χ2n) is 32.1. The van der Waals surface area contributed by atoms with Crippen LogP contribution in [0.15, 0.2) is 48.3 Å². The molecular weight excluding hydrogens is 1520 g/mol. The number of piperidine rings is 4. The molecule has 120 heavy (non-hydrogen) atoms. The third-order valence-electron chi connectivity index (χ3n) is 22.1. The Bertz CT molecular complexity index is 6530. The molecule has 0 aliphatic carbocycles. The first-order valence-electron chi connectivity index (χ1n) is 67.5. The van der Waals surface area contributed by atoms with Gasteiger partial charge in [0.2, 0.25) is 0 Å². The van der Waals surface area contributed by atoms with Gasteiger partial charge in [-0.15, -0.1) is 0 Å². The Kier molecular flexibility index (Phi) is 16.5. The zero-order valence-electron chi connectivity index (χ0n) is 126. The fourth-order valence-corrected chi connectivity index (χ4v) is 16.6. The van der Waals surface area contributed by atoms with Crippen LogP contribution in [-0.2, 0) is 63.8 Å². The Morgan fingerprint density at radius 2 is 0.542 bits per heavy atom. The number of nitrogens with zero attached hydrogens (tertiary/aromatic N) is 4. The fourth-order valence-electron chi connectivity index (χ4n) is 16.6. The molecule has 12 rings (SSSR count). The van der Waals surface area contributed by atoms with Crippen molar-refractivity contribution in [2.45, 2.75) is 260 Å². The molecule has 4 aromatic carbocycles. The van der Waals surface area contributed by atoms with E-state index in [1.54, 1.807) is 14.7 Å². The Labute approximate surface area is 797 Å². The van der Waals surface area contributed by atoms with Crippen molar-refractivity contribution >= 4 is 23.9 Å². The minimum atomic E-state index is -3.83. The molecule has 16 atom stereocenters. The van der Waals surface area contributed by atoms with Crippen LogP contribution in [0.2, 0.25) is 0 Å². The minimum Gasteiger partial charge on any atom is -0.493 e. The maximum Gasteiger partial charge on any atom is 0.323 e. The van der Waals surface area contributed by atoms with Crippen LogP contribution < -0.4 is 60.8 Å². The van der Waals surface area contributed by atoms with Crippen molar-refractivity contribution in [3.8, 4) is 46.0 Å². The molecule has 24 heteroatoms. The van der Waals surface area contributed by atoms with Crippen LogP contribution in [0.1, 0.15) is 307 Å². The molecule has 4 saturated heterocycles. The molecular formula is C96H152N8O16. The van der Waals surface area contributed by atoms with Crippen molar-refractivity contribution in [2.24, 2.45) is 93.9 Å². The monoisotopic (exact) mass is 1730 g/mol. The molecule has 0 aromatic heterocycles. The first-order valence-corrected chi connectivity index (χ1v) is 39.5. The SMILES string of the molecule is [2H]c1c2c(c([2H])c(OC([2H])([2H])[2H])c1OC([2H])([2H])[2H])C1([2H])CC(OC(=O)[C@@]([2H])(N)C([2H])(C([2H])([2H])[2H])C([2H])([2H])[2H])C(CC(C)C)CN1CC2.[2H]c1c2c(c([2H])c(OC([2H])([2H])[2H])c1OC)C1([2H])CC(OC(=O)[C@@]([2H])(N)C([2H])(C([2H])([2H])[2H])C([2H])([2H])[2H])C(CC(C)C)CN1CC2.[2H]c1c2c(c([2H])c(OC)c1OC([2H])([2H])[2H])C1([2H])CC(OC(=O)[C@@]([2H])(N)C([2H])(C([2H])([2H])[2H])C([2H])([2H])[2H])C(CC(C)C)CN1CC2.[2H]c1c2c(c([2H])c(OC)c1OC)C1([2H])CC(OC(=O)[C@@]([2H])(N)C([2H])(C([2H])([2H])[2H])C([2H])([2H])[2H])C(CC(C)C)CN1CC2. The lowest BCUT2D eigenvalue weighted by Crippen LogP contribution is -2.51. The van der Waals surface area contributed by atoms with E-state index in [-0.39, 0.29) is 188 Å². The number of benzene rings is 4. The maximum atomic E-state index is 13.5. The van der Waals surface area contributed by atoms with E-state index in [2.05, 4.69) is 0 Å². The van der Waals surface area contributed by atoms with Crippen LogP contribution in [0.5, 0.6) is 46.0 Å². The summed E-state index contributed by atoms with van der Waals surface area (Å²) in [5, 5.41) is 0. The largest absolute Gasteiger partial charge is 0.493 e. The molecule has 8 aliphatic heterocycles. The number of ether oxygens (including phenoxy) is 12. The molecule has 0 spiro atoms. The predicted molar refractivity (Wildman–Crippen MR) is 471 cm³/mol. The van der Waals surface area contributed by atoms with Gasteiger partial charge in [0.25, 0.3) is 0 Å². The van der Waals surface area contributed by atoms with Gasteiger partial charge in [-0.3, -0.25) is 38.8 Å². The Morgan fingerprint density at radius 1 is 0.350 bits per heavy atom. The van der Waals surface area contributed by atoms with E-state index in [0.29, 0.717) is 44.2 Å². The summed E-state index contributed by atoms with van der Waals surface area (Å²) in [5.41, 5.74) is 23.7. The van der Waals surface area contributed by atoms with Crippen molar-refractivity contribution in [3.05, 3.63) is 92.8 Å². The van der Waals surface area contributed by atoms with Crippen LogP contribution in [0.3, 0.4) is 0 Å². The molecule has 24 nitrogen and oxygen atoms in total. The molecule has 4 fully saturated rings. The molecule has 0 amide bonds. The lowest BCUT2D eigenvalue weighted by molar-refractivity contribution is -0.161. The van der Waals surface area contributed by atoms with Gasteiger partial charge in [-0.25, -0.2) is 0 Å². The van der Waals surface area contributed by atoms with E-state index in [1.165, 1.54) is 21.3 Å². The van der Waals surface area contributed by atoms with Crippen molar-refractivity contribution in [2.75, 3.05) is 109 Å². The number of hydrogen-bond acceptors (Lipinski definition) is 24. The third-order valence-corrected chi connectivity index (χ3v) is 22.1. The standard InChI is InChI=1S/4C24H38N2O4/c4*1-14(2)9-17-13-26-8-7-16-10-21(28-5)22(29-6)11-18(16)19(26)12-20(17)30-24(27)23(25)15(3)4/h4*10-11,14-15,17,19-20,23H,7-9,12-13,25H2,1-6H3/t4*17?,19?,20?,23-/m0000/s1/i3D3,4D3,5D3,6D3,10D,11D,15D,19D,23D;3D3,4D3,6D3,10D,11D,15D,19D,23D;3D3,4D3,5D3,10D,11D,15D,19D,23D;3D3,4D3,10D,11D,15D,19D,23D. The van der Waals surface area contributed by atoms with Crippen LogP contribution >= 0.6 is 0 Å². The number of methoxy groups -OCH3 is 8. The summed E-state index contributed by atoms with van der Waals surface area (Å²) < 4.78 is 513. The minimum absolute atomic E-state index is 0.00255. The lowest BCUT2D eigenvalue weighted by atomic mass is 9.79. The summed E-state index contributed by atoms with van der Waals surface area (Å²) >= 11 is 0. The first-order chi connectivity index (χ1) is 79.0. The Balaban J connectivity index is 0.000000257. The summed E-state index contributed by atoms with van der Waals surface area (Å²) in [6.07, 6.45) is -4.06.